The molecule has 1 aromatic carbocycles. The SMILES string of the molecule is CN(C)CCCNC(=O)Nc1ccc(F)cc1. The van der Waals surface area contributed by atoms with Gasteiger partial charge in [0.25, 0.3) is 0 Å². The number of nitrogens with zero attached hydrogens (tertiary/aromatic N) is 1. The third kappa shape index (κ3) is 5.87. The molecular formula is C12H18FN3O. The standard InChI is InChI=1S/C12H18FN3O/c1-16(2)9-3-8-14-12(17)15-11-6-4-10(13)5-7-11/h4-7H,3,8-9H2,1-2H3,(H2,14,15,17). The smallest absolute Gasteiger partial charge is 0.319 e. The highest BCUT2D eigenvalue weighted by atomic mass is 19.1. The van der Waals surface area contributed by atoms with Crippen LogP contribution in [0, 0.1) is 5.82 Å². The number of nitrogens with one attached hydrogen (secondary N) is 2. The van der Waals surface area contributed by atoms with Gasteiger partial charge in [0.15, 0.2) is 0 Å². The summed E-state index contributed by atoms with van der Waals surface area (Å²) in [6.45, 7) is 1.54. The van der Waals surface area contributed by atoms with E-state index in [1.165, 1.54) is 24.3 Å². The Labute approximate surface area is 101 Å². The fourth-order valence-electron chi connectivity index (χ4n) is 1.31. The van der Waals surface area contributed by atoms with E-state index in [1.807, 2.05) is 14.1 Å². The number of benzene rings is 1. The van der Waals surface area contributed by atoms with Crippen molar-refractivity contribution >= 4 is 11.7 Å². The van der Waals surface area contributed by atoms with Gasteiger partial charge < -0.3 is 15.5 Å². The molecule has 5 heteroatoms. The molecule has 0 spiro atoms. The van der Waals surface area contributed by atoms with Crippen molar-refractivity contribution in [2.45, 2.75) is 6.42 Å². The first-order chi connectivity index (χ1) is 8.08. The number of carbonyl (C=O) groups excluding carboxylic acids is 1. The minimum atomic E-state index is -0.318. The van der Waals surface area contributed by atoms with Crippen LogP contribution >= 0.6 is 0 Å². The molecule has 1 aromatic rings. The second-order valence-electron chi connectivity index (χ2n) is 4.04. The Morgan fingerprint density at radius 3 is 2.53 bits per heavy atom. The number of anilines is 1. The molecule has 0 bridgehead atoms. The number of rotatable bonds is 5. The maximum absolute atomic E-state index is 12.6. The van der Waals surface area contributed by atoms with Crippen molar-refractivity contribution in [3.05, 3.63) is 30.1 Å². The highest BCUT2D eigenvalue weighted by Crippen LogP contribution is 2.07. The molecule has 0 aliphatic heterocycles. The van der Waals surface area contributed by atoms with E-state index in [-0.39, 0.29) is 11.8 Å². The summed E-state index contributed by atoms with van der Waals surface area (Å²) in [5.74, 6) is -0.318. The largest absolute Gasteiger partial charge is 0.338 e. The molecule has 1 rings (SSSR count). The van der Waals surface area contributed by atoms with Gasteiger partial charge in [0.1, 0.15) is 5.82 Å². The minimum Gasteiger partial charge on any atom is -0.338 e. The summed E-state index contributed by atoms with van der Waals surface area (Å²) >= 11 is 0. The lowest BCUT2D eigenvalue weighted by atomic mass is 10.3. The molecule has 0 unspecified atom stereocenters. The molecule has 2 amide bonds. The summed E-state index contributed by atoms with van der Waals surface area (Å²) in [5.41, 5.74) is 0.580. The van der Waals surface area contributed by atoms with Crippen LogP contribution < -0.4 is 10.6 Å². The van der Waals surface area contributed by atoms with Gasteiger partial charge in [0.05, 0.1) is 0 Å². The van der Waals surface area contributed by atoms with Gasteiger partial charge in [0, 0.05) is 12.2 Å². The molecule has 2 N–H and O–H groups in total. The molecular weight excluding hydrogens is 221 g/mol. The predicted molar refractivity (Wildman–Crippen MR) is 66.6 cm³/mol. The Bertz CT molecular complexity index is 351. The Kier molecular flexibility index (Phi) is 5.42. The number of hydrogen-bond acceptors (Lipinski definition) is 2. The van der Waals surface area contributed by atoms with E-state index in [4.69, 9.17) is 0 Å². The number of urea groups is 1. The molecule has 0 saturated heterocycles. The van der Waals surface area contributed by atoms with Crippen molar-refractivity contribution < 1.29 is 9.18 Å². The maximum atomic E-state index is 12.6. The zero-order chi connectivity index (χ0) is 12.7. The van der Waals surface area contributed by atoms with E-state index in [0.717, 1.165) is 13.0 Å². The van der Waals surface area contributed by atoms with E-state index < -0.39 is 0 Å². The molecule has 0 radical (unpaired) electrons. The number of carbonyl (C=O) groups is 1. The molecule has 0 atom stereocenters. The second-order valence-corrected chi connectivity index (χ2v) is 4.04. The zero-order valence-electron chi connectivity index (χ0n) is 10.2. The zero-order valence-corrected chi connectivity index (χ0v) is 10.2. The lowest BCUT2D eigenvalue weighted by molar-refractivity contribution is 0.251. The van der Waals surface area contributed by atoms with Crippen molar-refractivity contribution in [2.24, 2.45) is 0 Å². The van der Waals surface area contributed by atoms with E-state index in [1.54, 1.807) is 0 Å². The third-order valence-electron chi connectivity index (χ3n) is 2.17. The van der Waals surface area contributed by atoms with Crippen LogP contribution in [-0.4, -0.2) is 38.1 Å². The van der Waals surface area contributed by atoms with Gasteiger partial charge in [-0.05, 0) is 51.3 Å². The lowest BCUT2D eigenvalue weighted by Gasteiger charge is -2.10. The fraction of sp³-hybridized carbons (Fsp3) is 0.417. The fourth-order valence-corrected chi connectivity index (χ4v) is 1.31. The van der Waals surface area contributed by atoms with Crippen molar-refractivity contribution in [2.75, 3.05) is 32.5 Å². The summed E-state index contributed by atoms with van der Waals surface area (Å²) in [7, 11) is 3.97. The third-order valence-corrected chi connectivity index (χ3v) is 2.17. The first kappa shape index (κ1) is 13.4. The number of hydrogen-bond donors (Lipinski definition) is 2. The van der Waals surface area contributed by atoms with Crippen molar-refractivity contribution in [1.29, 1.82) is 0 Å². The van der Waals surface area contributed by atoms with Crippen LogP contribution in [0.25, 0.3) is 0 Å². The summed E-state index contributed by atoms with van der Waals surface area (Å²) < 4.78 is 12.6. The van der Waals surface area contributed by atoms with E-state index >= 15 is 0 Å². The van der Waals surface area contributed by atoms with Gasteiger partial charge in [-0.2, -0.15) is 0 Å². The van der Waals surface area contributed by atoms with Crippen molar-refractivity contribution in [1.82, 2.24) is 10.2 Å². The quantitative estimate of drug-likeness (QED) is 0.771. The molecule has 94 valence electrons. The first-order valence-corrected chi connectivity index (χ1v) is 5.53. The number of halogens is 1. The minimum absolute atomic E-state index is 0.268. The van der Waals surface area contributed by atoms with Gasteiger partial charge >= 0.3 is 6.03 Å². The monoisotopic (exact) mass is 239 g/mol. The normalized spacial score (nSPS) is 10.4. The van der Waals surface area contributed by atoms with Crippen LogP contribution in [-0.2, 0) is 0 Å². The molecule has 0 heterocycles. The summed E-state index contributed by atoms with van der Waals surface area (Å²) in [4.78, 5) is 13.5. The highest BCUT2D eigenvalue weighted by molar-refractivity contribution is 5.89. The van der Waals surface area contributed by atoms with E-state index in [9.17, 15) is 9.18 Å². The molecule has 0 aliphatic rings. The van der Waals surface area contributed by atoms with Gasteiger partial charge in [0.2, 0.25) is 0 Å². The molecule has 17 heavy (non-hydrogen) atoms. The van der Waals surface area contributed by atoms with Crippen molar-refractivity contribution in [3.8, 4) is 0 Å². The molecule has 0 aliphatic carbocycles. The summed E-state index contributed by atoms with van der Waals surface area (Å²) in [6.07, 6.45) is 0.893. The van der Waals surface area contributed by atoms with Crippen LogP contribution in [0.5, 0.6) is 0 Å². The van der Waals surface area contributed by atoms with Crippen molar-refractivity contribution in [3.63, 3.8) is 0 Å². The Balaban J connectivity index is 2.23. The lowest BCUT2D eigenvalue weighted by Crippen LogP contribution is -2.31. The van der Waals surface area contributed by atoms with E-state index in [2.05, 4.69) is 15.5 Å². The Hall–Kier alpha value is -1.62. The predicted octanol–water partition coefficient (Wildman–Crippen LogP) is 1.90. The Morgan fingerprint density at radius 1 is 1.29 bits per heavy atom. The van der Waals surface area contributed by atoms with Crippen LogP contribution in [0.2, 0.25) is 0 Å². The second kappa shape index (κ2) is 6.85. The van der Waals surface area contributed by atoms with E-state index in [0.29, 0.717) is 12.2 Å². The molecule has 0 fully saturated rings. The van der Waals surface area contributed by atoms with Gasteiger partial charge in [-0.15, -0.1) is 0 Å². The van der Waals surface area contributed by atoms with Gasteiger partial charge in [-0.3, -0.25) is 0 Å². The summed E-state index contributed by atoms with van der Waals surface area (Å²) in [5, 5.41) is 5.36. The number of amides is 2. The molecule has 4 nitrogen and oxygen atoms in total. The Morgan fingerprint density at radius 2 is 1.94 bits per heavy atom. The molecule has 0 saturated carbocycles. The van der Waals surface area contributed by atoms with Crippen LogP contribution in [0.4, 0.5) is 14.9 Å². The highest BCUT2D eigenvalue weighted by Gasteiger charge is 2.00. The average molecular weight is 239 g/mol. The maximum Gasteiger partial charge on any atom is 0.319 e. The van der Waals surface area contributed by atoms with Crippen LogP contribution in [0.1, 0.15) is 6.42 Å². The van der Waals surface area contributed by atoms with Crippen LogP contribution in [0.3, 0.4) is 0 Å². The van der Waals surface area contributed by atoms with Gasteiger partial charge in [-0.1, -0.05) is 0 Å². The molecule has 0 aromatic heterocycles. The summed E-state index contributed by atoms with van der Waals surface area (Å²) in [6, 6.07) is 5.39. The van der Waals surface area contributed by atoms with Crippen LogP contribution in [0.15, 0.2) is 24.3 Å². The topological polar surface area (TPSA) is 44.4 Å². The average Bonchev–Trinajstić information content (AvgIpc) is 2.27. The van der Waals surface area contributed by atoms with Gasteiger partial charge in [-0.25, -0.2) is 9.18 Å². The first-order valence-electron chi connectivity index (χ1n) is 5.53.